The van der Waals surface area contributed by atoms with Gasteiger partial charge in [-0.2, -0.15) is 0 Å². The summed E-state index contributed by atoms with van der Waals surface area (Å²) in [5, 5.41) is 0.680. The van der Waals surface area contributed by atoms with Gasteiger partial charge in [0.15, 0.2) is 0 Å². The highest BCUT2D eigenvalue weighted by atomic mass is 35.5. The molecule has 0 bridgehead atoms. The molecule has 17 heavy (non-hydrogen) atoms. The molecular formula is C12H17Cl2NOS. The lowest BCUT2D eigenvalue weighted by Gasteiger charge is -2.23. The maximum atomic E-state index is 12.0. The van der Waals surface area contributed by atoms with Crippen molar-refractivity contribution in [2.45, 2.75) is 31.6 Å². The minimum Gasteiger partial charge on any atom is -0.242 e. The molecule has 0 aromatic heterocycles. The SMILES string of the molecule is CC(C)(C)[S@@](=O)N[C@H](CCl)c1ccc(Cl)cc1. The van der Waals surface area contributed by atoms with Gasteiger partial charge in [-0.15, -0.1) is 11.6 Å². The highest BCUT2D eigenvalue weighted by Gasteiger charge is 2.23. The van der Waals surface area contributed by atoms with Crippen molar-refractivity contribution < 1.29 is 4.21 Å². The van der Waals surface area contributed by atoms with Crippen LogP contribution >= 0.6 is 23.2 Å². The van der Waals surface area contributed by atoms with Crippen LogP contribution in [0.25, 0.3) is 0 Å². The fourth-order valence-corrected chi connectivity index (χ4v) is 2.49. The number of rotatable bonds is 4. The van der Waals surface area contributed by atoms with Crippen LogP contribution in [-0.4, -0.2) is 14.8 Å². The predicted molar refractivity (Wildman–Crippen MR) is 75.9 cm³/mol. The van der Waals surface area contributed by atoms with Crippen molar-refractivity contribution >= 4 is 34.2 Å². The first-order valence-corrected chi connectivity index (χ1v) is 7.40. The third-order valence-electron chi connectivity index (χ3n) is 2.23. The maximum absolute atomic E-state index is 12.0. The lowest BCUT2D eigenvalue weighted by atomic mass is 10.1. The van der Waals surface area contributed by atoms with E-state index in [9.17, 15) is 4.21 Å². The first-order valence-electron chi connectivity index (χ1n) is 5.34. The van der Waals surface area contributed by atoms with Crippen LogP contribution in [-0.2, 0) is 11.0 Å². The monoisotopic (exact) mass is 293 g/mol. The second-order valence-corrected chi connectivity index (χ2v) is 7.50. The van der Waals surface area contributed by atoms with Gasteiger partial charge in [0.2, 0.25) is 0 Å². The number of hydrogen-bond acceptors (Lipinski definition) is 1. The molecule has 0 heterocycles. The zero-order chi connectivity index (χ0) is 13.1. The molecule has 0 aliphatic rings. The van der Waals surface area contributed by atoms with Gasteiger partial charge in [0, 0.05) is 10.9 Å². The van der Waals surface area contributed by atoms with Gasteiger partial charge in [0.1, 0.15) is 0 Å². The number of alkyl halides is 1. The molecule has 1 N–H and O–H groups in total. The highest BCUT2D eigenvalue weighted by molar-refractivity contribution is 7.84. The normalized spacial score (nSPS) is 15.6. The largest absolute Gasteiger partial charge is 0.242 e. The fraction of sp³-hybridized carbons (Fsp3) is 0.500. The summed E-state index contributed by atoms with van der Waals surface area (Å²) in [6.07, 6.45) is 0. The molecule has 0 saturated heterocycles. The summed E-state index contributed by atoms with van der Waals surface area (Å²) in [6.45, 7) is 5.76. The van der Waals surface area contributed by atoms with Crippen LogP contribution in [0.4, 0.5) is 0 Å². The molecule has 0 aliphatic heterocycles. The van der Waals surface area contributed by atoms with Crippen LogP contribution in [0.3, 0.4) is 0 Å². The molecule has 0 aliphatic carbocycles. The molecular weight excluding hydrogens is 277 g/mol. The van der Waals surface area contributed by atoms with Crippen LogP contribution in [0.5, 0.6) is 0 Å². The predicted octanol–water partition coefficient (Wildman–Crippen LogP) is 3.67. The van der Waals surface area contributed by atoms with E-state index in [-0.39, 0.29) is 10.8 Å². The number of benzene rings is 1. The van der Waals surface area contributed by atoms with Crippen LogP contribution in [0, 0.1) is 0 Å². The Labute approximate surface area is 115 Å². The van der Waals surface area contributed by atoms with E-state index in [1.54, 1.807) is 12.1 Å². The van der Waals surface area contributed by atoms with Crippen molar-refractivity contribution in [3.05, 3.63) is 34.9 Å². The Hall–Kier alpha value is -0.0900. The second-order valence-electron chi connectivity index (χ2n) is 4.76. The first-order chi connectivity index (χ1) is 7.84. The number of hydrogen-bond donors (Lipinski definition) is 1. The van der Waals surface area contributed by atoms with Crippen molar-refractivity contribution in [3.63, 3.8) is 0 Å². The lowest BCUT2D eigenvalue weighted by Crippen LogP contribution is -2.36. The van der Waals surface area contributed by atoms with E-state index < -0.39 is 11.0 Å². The maximum Gasteiger partial charge on any atom is 0.0976 e. The average Bonchev–Trinajstić information content (AvgIpc) is 2.25. The van der Waals surface area contributed by atoms with Gasteiger partial charge in [0.25, 0.3) is 0 Å². The molecule has 0 amide bonds. The van der Waals surface area contributed by atoms with Crippen LogP contribution < -0.4 is 4.72 Å². The standard InChI is InChI=1S/C12H17Cl2NOS/c1-12(2,3)17(16)15-11(8-13)9-4-6-10(14)7-5-9/h4-7,11,15H,8H2,1-3H3/t11-,17-/m1/s1. The second kappa shape index (κ2) is 6.19. The van der Waals surface area contributed by atoms with E-state index in [0.717, 1.165) is 5.56 Å². The van der Waals surface area contributed by atoms with Gasteiger partial charge in [-0.25, -0.2) is 8.93 Å². The van der Waals surface area contributed by atoms with Gasteiger partial charge < -0.3 is 0 Å². The Morgan fingerprint density at radius 3 is 2.24 bits per heavy atom. The summed E-state index contributed by atoms with van der Waals surface area (Å²) < 4.78 is 14.7. The zero-order valence-electron chi connectivity index (χ0n) is 10.2. The molecule has 0 unspecified atom stereocenters. The summed E-state index contributed by atoms with van der Waals surface area (Å²) in [7, 11) is -1.14. The highest BCUT2D eigenvalue weighted by Crippen LogP contribution is 2.20. The fourth-order valence-electron chi connectivity index (χ4n) is 1.19. The van der Waals surface area contributed by atoms with E-state index in [1.807, 2.05) is 32.9 Å². The molecule has 0 radical (unpaired) electrons. The molecule has 1 aromatic rings. The van der Waals surface area contributed by atoms with E-state index >= 15 is 0 Å². The van der Waals surface area contributed by atoms with Crippen molar-refractivity contribution in [3.8, 4) is 0 Å². The summed E-state index contributed by atoms with van der Waals surface area (Å²) in [6, 6.07) is 7.26. The van der Waals surface area contributed by atoms with Crippen molar-refractivity contribution in [2.75, 3.05) is 5.88 Å². The zero-order valence-corrected chi connectivity index (χ0v) is 12.5. The van der Waals surface area contributed by atoms with E-state index in [1.165, 1.54) is 0 Å². The first kappa shape index (κ1) is 15.0. The van der Waals surface area contributed by atoms with Crippen LogP contribution in [0.15, 0.2) is 24.3 Å². The molecule has 1 rings (SSSR count). The molecule has 96 valence electrons. The third-order valence-corrected chi connectivity index (χ3v) is 4.40. The topological polar surface area (TPSA) is 29.1 Å². The smallest absolute Gasteiger partial charge is 0.0976 e. The minimum atomic E-state index is -1.14. The summed E-state index contributed by atoms with van der Waals surface area (Å²) in [4.78, 5) is 0. The molecule has 2 nitrogen and oxygen atoms in total. The number of halogens is 2. The van der Waals surface area contributed by atoms with Crippen molar-refractivity contribution in [1.29, 1.82) is 0 Å². The Kier molecular flexibility index (Phi) is 5.45. The van der Waals surface area contributed by atoms with Gasteiger partial charge in [0.05, 0.1) is 21.8 Å². The Morgan fingerprint density at radius 2 is 1.82 bits per heavy atom. The summed E-state index contributed by atoms with van der Waals surface area (Å²) >= 11 is 11.7. The van der Waals surface area contributed by atoms with E-state index in [2.05, 4.69) is 4.72 Å². The van der Waals surface area contributed by atoms with Gasteiger partial charge >= 0.3 is 0 Å². The van der Waals surface area contributed by atoms with Crippen molar-refractivity contribution in [2.24, 2.45) is 0 Å². The Morgan fingerprint density at radius 1 is 1.29 bits per heavy atom. The molecule has 0 fully saturated rings. The Balaban J connectivity index is 2.79. The lowest BCUT2D eigenvalue weighted by molar-refractivity contribution is 0.617. The van der Waals surface area contributed by atoms with Gasteiger partial charge in [-0.3, -0.25) is 0 Å². The molecule has 1 aromatic carbocycles. The average molecular weight is 294 g/mol. The minimum absolute atomic E-state index is 0.131. The molecule has 0 spiro atoms. The molecule has 0 saturated carbocycles. The summed E-state index contributed by atoms with van der Waals surface area (Å²) in [5.74, 6) is 0.365. The van der Waals surface area contributed by atoms with E-state index in [4.69, 9.17) is 23.2 Å². The Bertz CT molecular complexity index is 386. The van der Waals surface area contributed by atoms with E-state index in [0.29, 0.717) is 10.9 Å². The van der Waals surface area contributed by atoms with Crippen LogP contribution in [0.1, 0.15) is 32.4 Å². The van der Waals surface area contributed by atoms with Crippen molar-refractivity contribution in [1.82, 2.24) is 4.72 Å². The molecule has 2 atom stereocenters. The van der Waals surface area contributed by atoms with Crippen LogP contribution in [0.2, 0.25) is 5.02 Å². The third kappa shape index (κ3) is 4.59. The summed E-state index contributed by atoms with van der Waals surface area (Å²) in [5.41, 5.74) is 0.988. The quantitative estimate of drug-likeness (QED) is 0.843. The number of nitrogens with one attached hydrogen (secondary N) is 1. The van der Waals surface area contributed by atoms with Gasteiger partial charge in [-0.05, 0) is 38.5 Å². The van der Waals surface area contributed by atoms with Gasteiger partial charge in [-0.1, -0.05) is 23.7 Å². The molecule has 5 heteroatoms.